The van der Waals surface area contributed by atoms with Crippen LogP contribution >= 0.6 is 11.3 Å². The summed E-state index contributed by atoms with van der Waals surface area (Å²) in [6, 6.07) is 0.126. The highest BCUT2D eigenvalue weighted by Crippen LogP contribution is 2.16. The Hall–Kier alpha value is -1.63. The summed E-state index contributed by atoms with van der Waals surface area (Å²) in [5.41, 5.74) is 0.829. The molecule has 112 valence electrons. The van der Waals surface area contributed by atoms with E-state index in [-0.39, 0.29) is 24.5 Å². The Bertz CT molecular complexity index is 446. The third kappa shape index (κ3) is 6.51. The fourth-order valence-corrected chi connectivity index (χ4v) is 2.24. The van der Waals surface area contributed by atoms with Crippen molar-refractivity contribution in [3.8, 4) is 0 Å². The van der Waals surface area contributed by atoms with Gasteiger partial charge in [0.2, 0.25) is 5.91 Å². The molecule has 1 heterocycles. The molecule has 1 amide bonds. The third-order valence-electron chi connectivity index (χ3n) is 2.29. The highest BCUT2D eigenvalue weighted by Gasteiger charge is 2.08. The first-order chi connectivity index (χ1) is 9.51. The van der Waals surface area contributed by atoms with Gasteiger partial charge in [-0.2, -0.15) is 0 Å². The van der Waals surface area contributed by atoms with Crippen LogP contribution in [-0.4, -0.2) is 36.1 Å². The minimum absolute atomic E-state index is 0.0664. The number of esters is 1. The minimum Gasteiger partial charge on any atom is -0.466 e. The molecule has 1 aromatic heterocycles. The van der Waals surface area contributed by atoms with Gasteiger partial charge < -0.3 is 15.4 Å². The number of ether oxygens (including phenoxy) is 1. The summed E-state index contributed by atoms with van der Waals surface area (Å²) >= 11 is 1.42. The van der Waals surface area contributed by atoms with E-state index >= 15 is 0 Å². The predicted molar refractivity (Wildman–Crippen MR) is 78.8 cm³/mol. The summed E-state index contributed by atoms with van der Waals surface area (Å²) in [5.74, 6) is -0.283. The summed E-state index contributed by atoms with van der Waals surface area (Å²) in [7, 11) is 0. The Morgan fingerprint density at radius 1 is 1.45 bits per heavy atom. The number of carbonyl (C=O) groups excluding carboxylic acids is 2. The topological polar surface area (TPSA) is 80.3 Å². The maximum absolute atomic E-state index is 11.5. The van der Waals surface area contributed by atoms with Crippen LogP contribution in [-0.2, 0) is 20.7 Å². The van der Waals surface area contributed by atoms with Crippen molar-refractivity contribution in [2.24, 2.45) is 0 Å². The number of carbonyl (C=O) groups is 2. The zero-order valence-corrected chi connectivity index (χ0v) is 12.9. The van der Waals surface area contributed by atoms with Gasteiger partial charge in [-0.05, 0) is 20.8 Å². The summed E-state index contributed by atoms with van der Waals surface area (Å²) in [4.78, 5) is 27.0. The molecule has 0 saturated carbocycles. The summed E-state index contributed by atoms with van der Waals surface area (Å²) in [6.07, 6.45) is 0.875. The first-order valence-corrected chi connectivity index (χ1v) is 7.52. The minimum atomic E-state index is -0.216. The van der Waals surface area contributed by atoms with E-state index in [2.05, 4.69) is 15.6 Å². The lowest BCUT2D eigenvalue weighted by Gasteiger charge is -2.08. The van der Waals surface area contributed by atoms with Crippen molar-refractivity contribution in [3.63, 3.8) is 0 Å². The van der Waals surface area contributed by atoms with Gasteiger partial charge >= 0.3 is 5.97 Å². The standard InChI is InChI=1S/C13H21N3O3S/c1-4-19-12(18)6-5-10-8-20-13(16-10)14-7-11(17)15-9(2)3/h8-9H,4-7H2,1-3H3,(H,14,16)(H,15,17). The molecule has 0 aliphatic rings. The van der Waals surface area contributed by atoms with E-state index in [1.165, 1.54) is 11.3 Å². The van der Waals surface area contributed by atoms with Gasteiger partial charge in [-0.3, -0.25) is 9.59 Å². The largest absolute Gasteiger partial charge is 0.466 e. The SMILES string of the molecule is CCOC(=O)CCc1csc(NCC(=O)NC(C)C)n1. The van der Waals surface area contributed by atoms with Gasteiger partial charge in [0.25, 0.3) is 0 Å². The van der Waals surface area contributed by atoms with Gasteiger partial charge in [-0.15, -0.1) is 11.3 Å². The van der Waals surface area contributed by atoms with Crippen molar-refractivity contribution in [3.05, 3.63) is 11.1 Å². The summed E-state index contributed by atoms with van der Waals surface area (Å²) < 4.78 is 4.85. The molecular formula is C13H21N3O3S. The van der Waals surface area contributed by atoms with Crippen LogP contribution in [0.1, 0.15) is 32.9 Å². The average molecular weight is 299 g/mol. The summed E-state index contributed by atoms with van der Waals surface area (Å²) in [6.45, 7) is 6.20. The van der Waals surface area contributed by atoms with Crippen molar-refractivity contribution in [2.45, 2.75) is 39.7 Å². The fourth-order valence-electron chi connectivity index (χ4n) is 1.50. The number of anilines is 1. The molecule has 0 aliphatic heterocycles. The maximum atomic E-state index is 11.5. The smallest absolute Gasteiger partial charge is 0.306 e. The average Bonchev–Trinajstić information content (AvgIpc) is 2.81. The Morgan fingerprint density at radius 2 is 2.20 bits per heavy atom. The molecule has 6 nitrogen and oxygen atoms in total. The van der Waals surface area contributed by atoms with Crippen LogP contribution < -0.4 is 10.6 Å². The molecule has 1 rings (SSSR count). The first kappa shape index (κ1) is 16.4. The van der Waals surface area contributed by atoms with Gasteiger partial charge in [-0.25, -0.2) is 4.98 Å². The molecule has 7 heteroatoms. The quantitative estimate of drug-likeness (QED) is 0.712. The van der Waals surface area contributed by atoms with E-state index in [1.54, 1.807) is 6.92 Å². The Balaban J connectivity index is 2.32. The van der Waals surface area contributed by atoms with Crippen molar-refractivity contribution in [2.75, 3.05) is 18.5 Å². The van der Waals surface area contributed by atoms with Gasteiger partial charge in [0.1, 0.15) is 0 Å². The van der Waals surface area contributed by atoms with E-state index in [0.29, 0.717) is 24.6 Å². The molecule has 0 spiro atoms. The third-order valence-corrected chi connectivity index (χ3v) is 3.14. The number of rotatable bonds is 8. The van der Waals surface area contributed by atoms with Crippen LogP contribution in [0.5, 0.6) is 0 Å². The monoisotopic (exact) mass is 299 g/mol. The molecule has 0 saturated heterocycles. The number of thiazole rings is 1. The molecule has 0 unspecified atom stereocenters. The number of aromatic nitrogens is 1. The van der Waals surface area contributed by atoms with E-state index < -0.39 is 0 Å². The maximum Gasteiger partial charge on any atom is 0.306 e. The highest BCUT2D eigenvalue weighted by atomic mass is 32.1. The lowest BCUT2D eigenvalue weighted by Crippen LogP contribution is -2.34. The lowest BCUT2D eigenvalue weighted by atomic mass is 10.2. The Labute approximate surface area is 122 Å². The van der Waals surface area contributed by atoms with Crippen LogP contribution in [0.4, 0.5) is 5.13 Å². The van der Waals surface area contributed by atoms with Gasteiger partial charge in [-0.1, -0.05) is 0 Å². The summed E-state index contributed by atoms with van der Waals surface area (Å²) in [5, 5.41) is 8.31. The molecule has 0 aliphatic carbocycles. The zero-order chi connectivity index (χ0) is 15.0. The molecule has 0 bridgehead atoms. The highest BCUT2D eigenvalue weighted by molar-refractivity contribution is 7.13. The molecule has 0 fully saturated rings. The van der Waals surface area contributed by atoms with E-state index in [0.717, 1.165) is 5.69 Å². The number of hydrogen-bond acceptors (Lipinski definition) is 6. The second-order valence-electron chi connectivity index (χ2n) is 4.52. The van der Waals surface area contributed by atoms with E-state index in [9.17, 15) is 9.59 Å². The second-order valence-corrected chi connectivity index (χ2v) is 5.38. The van der Waals surface area contributed by atoms with Gasteiger partial charge in [0, 0.05) is 17.8 Å². The van der Waals surface area contributed by atoms with E-state index in [4.69, 9.17) is 4.74 Å². The van der Waals surface area contributed by atoms with Gasteiger partial charge in [0.05, 0.1) is 25.3 Å². The van der Waals surface area contributed by atoms with Crippen LogP contribution in [0.3, 0.4) is 0 Å². The second kappa shape index (κ2) is 8.52. The van der Waals surface area contributed by atoms with Gasteiger partial charge in [0.15, 0.2) is 5.13 Å². The molecule has 0 radical (unpaired) electrons. The molecule has 20 heavy (non-hydrogen) atoms. The number of aryl methyl sites for hydroxylation is 1. The van der Waals surface area contributed by atoms with Crippen LogP contribution in [0.2, 0.25) is 0 Å². The number of nitrogens with one attached hydrogen (secondary N) is 2. The first-order valence-electron chi connectivity index (χ1n) is 6.64. The van der Waals surface area contributed by atoms with Crippen LogP contribution in [0, 0.1) is 0 Å². The Kier molecular flexibility index (Phi) is 7.00. The van der Waals surface area contributed by atoms with E-state index in [1.807, 2.05) is 19.2 Å². The van der Waals surface area contributed by atoms with Crippen LogP contribution in [0.15, 0.2) is 5.38 Å². The number of hydrogen-bond donors (Lipinski definition) is 2. The lowest BCUT2D eigenvalue weighted by molar-refractivity contribution is -0.143. The van der Waals surface area contributed by atoms with Crippen molar-refractivity contribution in [1.82, 2.24) is 10.3 Å². The van der Waals surface area contributed by atoms with Crippen molar-refractivity contribution in [1.29, 1.82) is 0 Å². The zero-order valence-electron chi connectivity index (χ0n) is 12.1. The van der Waals surface area contributed by atoms with Crippen LogP contribution in [0.25, 0.3) is 0 Å². The normalized spacial score (nSPS) is 10.4. The number of nitrogens with zero attached hydrogens (tertiary/aromatic N) is 1. The molecule has 0 aromatic carbocycles. The number of amides is 1. The fraction of sp³-hybridized carbons (Fsp3) is 0.615. The molecular weight excluding hydrogens is 278 g/mol. The molecule has 2 N–H and O–H groups in total. The molecule has 1 aromatic rings. The Morgan fingerprint density at radius 3 is 2.85 bits per heavy atom. The van der Waals surface area contributed by atoms with Crippen molar-refractivity contribution >= 4 is 28.3 Å². The van der Waals surface area contributed by atoms with Crippen molar-refractivity contribution < 1.29 is 14.3 Å². The predicted octanol–water partition coefficient (Wildman–Crippen LogP) is 1.58. The molecule has 0 atom stereocenters.